The van der Waals surface area contributed by atoms with Crippen molar-refractivity contribution in [3.8, 4) is 5.75 Å². The molecule has 1 aromatic carbocycles. The van der Waals surface area contributed by atoms with Crippen molar-refractivity contribution >= 4 is 11.4 Å². The first-order valence-corrected chi connectivity index (χ1v) is 6.89. The summed E-state index contributed by atoms with van der Waals surface area (Å²) >= 11 is 0. The minimum Gasteiger partial charge on any atom is -0.491 e. The van der Waals surface area contributed by atoms with Gasteiger partial charge >= 0.3 is 0 Å². The van der Waals surface area contributed by atoms with Crippen LogP contribution in [0.15, 0.2) is 18.2 Å². The monoisotopic (exact) mass is 250 g/mol. The molecule has 3 heteroatoms. The molecule has 0 aliphatic carbocycles. The lowest BCUT2D eigenvalue weighted by atomic mass is 10.2. The molecule has 0 unspecified atom stereocenters. The van der Waals surface area contributed by atoms with E-state index in [4.69, 9.17) is 10.5 Å². The fourth-order valence-corrected chi connectivity index (χ4v) is 2.04. The number of ether oxygens (including phenoxy) is 1. The summed E-state index contributed by atoms with van der Waals surface area (Å²) in [5.41, 5.74) is 7.88. The summed E-state index contributed by atoms with van der Waals surface area (Å²) in [6.45, 7) is 10.6. The Kier molecular flexibility index (Phi) is 5.83. The van der Waals surface area contributed by atoms with Gasteiger partial charge in [0.2, 0.25) is 0 Å². The van der Waals surface area contributed by atoms with Crippen molar-refractivity contribution in [1.82, 2.24) is 0 Å². The van der Waals surface area contributed by atoms with Crippen molar-refractivity contribution in [3.05, 3.63) is 18.2 Å². The van der Waals surface area contributed by atoms with Crippen LogP contribution in [0.25, 0.3) is 0 Å². The van der Waals surface area contributed by atoms with Gasteiger partial charge in [0.25, 0.3) is 0 Å². The van der Waals surface area contributed by atoms with Gasteiger partial charge in [-0.1, -0.05) is 13.8 Å². The van der Waals surface area contributed by atoms with E-state index in [1.54, 1.807) is 0 Å². The van der Waals surface area contributed by atoms with Crippen molar-refractivity contribution < 1.29 is 4.74 Å². The molecule has 18 heavy (non-hydrogen) atoms. The van der Waals surface area contributed by atoms with Gasteiger partial charge in [-0.15, -0.1) is 0 Å². The highest BCUT2D eigenvalue weighted by molar-refractivity contribution is 5.60. The van der Waals surface area contributed by atoms with E-state index in [2.05, 4.69) is 24.8 Å². The summed E-state index contributed by atoms with van der Waals surface area (Å²) in [6.07, 6.45) is 2.44. The molecule has 0 aliphatic rings. The molecule has 0 radical (unpaired) electrons. The van der Waals surface area contributed by atoms with E-state index in [0.29, 0.717) is 0 Å². The van der Waals surface area contributed by atoms with Crippen LogP contribution < -0.4 is 15.4 Å². The van der Waals surface area contributed by atoms with Crippen LogP contribution in [-0.4, -0.2) is 19.2 Å². The van der Waals surface area contributed by atoms with Gasteiger partial charge < -0.3 is 15.4 Å². The predicted octanol–water partition coefficient (Wildman–Crippen LogP) is 3.68. The van der Waals surface area contributed by atoms with Gasteiger partial charge in [0.05, 0.1) is 6.10 Å². The lowest BCUT2D eigenvalue weighted by Crippen LogP contribution is -2.25. The Morgan fingerprint density at radius 2 is 1.72 bits per heavy atom. The molecule has 0 amide bonds. The van der Waals surface area contributed by atoms with Crippen LogP contribution in [0.3, 0.4) is 0 Å². The predicted molar refractivity (Wildman–Crippen MR) is 79.4 cm³/mol. The van der Waals surface area contributed by atoms with Crippen LogP contribution in [0.5, 0.6) is 5.75 Å². The second kappa shape index (κ2) is 7.14. The summed E-state index contributed by atoms with van der Waals surface area (Å²) in [4.78, 5) is 2.36. The standard InChI is InChI=1S/C15H26N2O/c1-5-7-17(8-6-2)14-9-13(16)10-15(11-14)18-12(3)4/h9-12H,5-8,16H2,1-4H3. The average Bonchev–Trinajstić information content (AvgIpc) is 2.27. The Hall–Kier alpha value is -1.38. The first-order valence-electron chi connectivity index (χ1n) is 6.89. The second-order valence-electron chi connectivity index (χ2n) is 4.91. The Bertz CT molecular complexity index is 358. The third-order valence-corrected chi connectivity index (χ3v) is 2.64. The quantitative estimate of drug-likeness (QED) is 0.750. The van der Waals surface area contributed by atoms with Crippen molar-refractivity contribution in [2.45, 2.75) is 46.6 Å². The molecule has 0 heterocycles. The van der Waals surface area contributed by atoms with Gasteiger partial charge in [-0.2, -0.15) is 0 Å². The highest BCUT2D eigenvalue weighted by atomic mass is 16.5. The lowest BCUT2D eigenvalue weighted by Gasteiger charge is -2.25. The molecule has 0 aromatic heterocycles. The number of benzene rings is 1. The minimum absolute atomic E-state index is 0.172. The van der Waals surface area contributed by atoms with Crippen LogP contribution in [0.4, 0.5) is 11.4 Å². The molecule has 0 aliphatic heterocycles. The van der Waals surface area contributed by atoms with Gasteiger partial charge in [0.1, 0.15) is 5.75 Å². The molecule has 0 atom stereocenters. The van der Waals surface area contributed by atoms with E-state index >= 15 is 0 Å². The molecule has 0 bridgehead atoms. The average molecular weight is 250 g/mol. The molecular formula is C15H26N2O. The molecule has 0 fully saturated rings. The van der Waals surface area contributed by atoms with Crippen molar-refractivity contribution in [1.29, 1.82) is 0 Å². The van der Waals surface area contributed by atoms with E-state index < -0.39 is 0 Å². The van der Waals surface area contributed by atoms with Crippen LogP contribution in [0.1, 0.15) is 40.5 Å². The Morgan fingerprint density at radius 3 is 2.22 bits per heavy atom. The fraction of sp³-hybridized carbons (Fsp3) is 0.600. The lowest BCUT2D eigenvalue weighted by molar-refractivity contribution is 0.242. The molecule has 102 valence electrons. The summed E-state index contributed by atoms with van der Waals surface area (Å²) < 4.78 is 5.74. The molecular weight excluding hydrogens is 224 g/mol. The maximum Gasteiger partial charge on any atom is 0.123 e. The van der Waals surface area contributed by atoms with Crippen LogP contribution in [-0.2, 0) is 0 Å². The number of hydrogen-bond donors (Lipinski definition) is 1. The second-order valence-corrected chi connectivity index (χ2v) is 4.91. The SMILES string of the molecule is CCCN(CCC)c1cc(N)cc(OC(C)C)c1. The van der Waals surface area contributed by atoms with Crippen molar-refractivity contribution in [2.24, 2.45) is 0 Å². The van der Waals surface area contributed by atoms with Crippen LogP contribution in [0, 0.1) is 0 Å². The zero-order valence-corrected chi connectivity index (χ0v) is 12.1. The van der Waals surface area contributed by atoms with Gasteiger partial charge in [-0.05, 0) is 32.8 Å². The number of nitrogens with two attached hydrogens (primary N) is 1. The molecule has 1 aromatic rings. The fourth-order valence-electron chi connectivity index (χ4n) is 2.04. The van der Waals surface area contributed by atoms with Crippen molar-refractivity contribution in [2.75, 3.05) is 23.7 Å². The topological polar surface area (TPSA) is 38.5 Å². The van der Waals surface area contributed by atoms with Crippen LogP contribution in [0.2, 0.25) is 0 Å². The summed E-state index contributed by atoms with van der Waals surface area (Å²) in [5.74, 6) is 0.859. The zero-order valence-electron chi connectivity index (χ0n) is 12.1. The first-order chi connectivity index (χ1) is 8.56. The van der Waals surface area contributed by atoms with E-state index in [9.17, 15) is 0 Å². The number of nitrogen functional groups attached to an aromatic ring is 1. The summed E-state index contributed by atoms with van der Waals surface area (Å²) in [7, 11) is 0. The Morgan fingerprint density at radius 1 is 1.11 bits per heavy atom. The Balaban J connectivity index is 2.94. The zero-order chi connectivity index (χ0) is 13.5. The number of rotatable bonds is 7. The van der Waals surface area contributed by atoms with E-state index in [-0.39, 0.29) is 6.10 Å². The van der Waals surface area contributed by atoms with E-state index in [0.717, 1.165) is 43.1 Å². The van der Waals surface area contributed by atoms with Gasteiger partial charge in [0.15, 0.2) is 0 Å². The normalized spacial score (nSPS) is 10.7. The number of anilines is 2. The molecule has 2 N–H and O–H groups in total. The highest BCUT2D eigenvalue weighted by Gasteiger charge is 2.08. The van der Waals surface area contributed by atoms with Gasteiger partial charge in [0, 0.05) is 36.6 Å². The first kappa shape index (κ1) is 14.7. The smallest absolute Gasteiger partial charge is 0.123 e. The number of nitrogens with zero attached hydrogens (tertiary/aromatic N) is 1. The molecule has 0 saturated carbocycles. The third-order valence-electron chi connectivity index (χ3n) is 2.64. The third kappa shape index (κ3) is 4.47. The highest BCUT2D eigenvalue weighted by Crippen LogP contribution is 2.26. The number of hydrogen-bond acceptors (Lipinski definition) is 3. The Labute approximate surface area is 111 Å². The summed E-state index contributed by atoms with van der Waals surface area (Å²) in [5, 5.41) is 0. The van der Waals surface area contributed by atoms with E-state index in [1.165, 1.54) is 0 Å². The van der Waals surface area contributed by atoms with Gasteiger partial charge in [-0.25, -0.2) is 0 Å². The maximum absolute atomic E-state index is 5.96. The molecule has 1 rings (SSSR count). The van der Waals surface area contributed by atoms with E-state index in [1.807, 2.05) is 26.0 Å². The summed E-state index contributed by atoms with van der Waals surface area (Å²) in [6, 6.07) is 6.00. The van der Waals surface area contributed by atoms with Crippen LogP contribution >= 0.6 is 0 Å². The molecule has 0 spiro atoms. The van der Waals surface area contributed by atoms with Crippen molar-refractivity contribution in [3.63, 3.8) is 0 Å². The molecule has 0 saturated heterocycles. The largest absolute Gasteiger partial charge is 0.491 e. The molecule has 3 nitrogen and oxygen atoms in total. The minimum atomic E-state index is 0.172. The maximum atomic E-state index is 5.96. The van der Waals surface area contributed by atoms with Gasteiger partial charge in [-0.3, -0.25) is 0 Å².